The Bertz CT molecular complexity index is 877. The number of carbonyl (C=O) groups is 2. The average molecular weight is 373 g/mol. The van der Waals surface area contributed by atoms with Crippen LogP contribution >= 0.6 is 0 Å². The van der Waals surface area contributed by atoms with E-state index < -0.39 is 11.8 Å². The van der Waals surface area contributed by atoms with Gasteiger partial charge in [-0.2, -0.15) is 0 Å². The zero-order chi connectivity index (χ0) is 19.3. The van der Waals surface area contributed by atoms with E-state index in [-0.39, 0.29) is 24.0 Å². The number of nitrogens with zero attached hydrogens (tertiary/aromatic N) is 1. The molecule has 4 nitrogen and oxygen atoms in total. The van der Waals surface area contributed by atoms with E-state index in [4.69, 9.17) is 4.74 Å². The molecule has 0 radical (unpaired) electrons. The molecular formula is C24H23NO3. The molecule has 2 fully saturated rings. The van der Waals surface area contributed by atoms with E-state index in [1.165, 1.54) is 4.90 Å². The number of hydrogen-bond acceptors (Lipinski definition) is 3. The molecule has 2 aromatic carbocycles. The summed E-state index contributed by atoms with van der Waals surface area (Å²) < 4.78 is 6.32. The number of imide groups is 1. The summed E-state index contributed by atoms with van der Waals surface area (Å²) in [7, 11) is 0. The van der Waals surface area contributed by atoms with Crippen LogP contribution in [0.4, 0.5) is 0 Å². The van der Waals surface area contributed by atoms with Gasteiger partial charge >= 0.3 is 0 Å². The molecule has 4 heteroatoms. The number of amides is 2. The minimum absolute atomic E-state index is 0.0588. The summed E-state index contributed by atoms with van der Waals surface area (Å²) in [6, 6.07) is 20.2. The van der Waals surface area contributed by atoms with Gasteiger partial charge in [-0.3, -0.25) is 14.5 Å². The van der Waals surface area contributed by atoms with Crippen molar-refractivity contribution >= 4 is 23.0 Å². The number of fused-ring (bicyclic) bond motifs is 5. The van der Waals surface area contributed by atoms with E-state index in [1.54, 1.807) is 0 Å². The molecule has 3 aliphatic heterocycles. The summed E-state index contributed by atoms with van der Waals surface area (Å²) in [6.07, 6.45) is 1.10. The minimum atomic E-state index is -0.392. The molecule has 0 N–H and O–H groups in total. The standard InChI is InChI=1S/C24H23NO3/c1-2-3-14-25-23(26)19-20(24(25)27)22-18(16-12-8-5-9-13-16)17(21(19)28-22)15-10-6-4-7-11-15/h4-13,19-22H,2-3,14H2,1H3. The van der Waals surface area contributed by atoms with Crippen molar-refractivity contribution in [3.05, 3.63) is 71.8 Å². The lowest BCUT2D eigenvalue weighted by Crippen LogP contribution is -2.35. The van der Waals surface area contributed by atoms with Crippen molar-refractivity contribution in [1.82, 2.24) is 4.90 Å². The highest BCUT2D eigenvalue weighted by Gasteiger charge is 2.65. The maximum absolute atomic E-state index is 13.1. The third kappa shape index (κ3) is 2.41. The van der Waals surface area contributed by atoms with Crippen molar-refractivity contribution < 1.29 is 14.3 Å². The fourth-order valence-electron chi connectivity index (χ4n) is 4.95. The lowest BCUT2D eigenvalue weighted by Gasteiger charge is -2.24. The molecule has 3 aliphatic rings. The molecule has 3 heterocycles. The van der Waals surface area contributed by atoms with Gasteiger partial charge in [-0.05, 0) is 28.7 Å². The van der Waals surface area contributed by atoms with Crippen LogP contribution in [0.3, 0.4) is 0 Å². The van der Waals surface area contributed by atoms with Crippen molar-refractivity contribution in [2.45, 2.75) is 32.0 Å². The molecule has 142 valence electrons. The average Bonchev–Trinajstić information content (AvgIpc) is 3.38. The molecule has 0 aliphatic carbocycles. The zero-order valence-corrected chi connectivity index (χ0v) is 15.9. The van der Waals surface area contributed by atoms with E-state index >= 15 is 0 Å². The second-order valence-corrected chi connectivity index (χ2v) is 7.77. The Morgan fingerprint density at radius 3 is 1.68 bits per heavy atom. The monoisotopic (exact) mass is 373 g/mol. The van der Waals surface area contributed by atoms with Gasteiger partial charge in [0.25, 0.3) is 0 Å². The van der Waals surface area contributed by atoms with Gasteiger partial charge in [0.05, 0.1) is 24.0 Å². The van der Waals surface area contributed by atoms with Crippen molar-refractivity contribution in [2.24, 2.45) is 11.8 Å². The zero-order valence-electron chi connectivity index (χ0n) is 15.9. The first-order chi connectivity index (χ1) is 13.7. The van der Waals surface area contributed by atoms with Crippen molar-refractivity contribution in [1.29, 1.82) is 0 Å². The molecule has 4 atom stereocenters. The van der Waals surface area contributed by atoms with E-state index in [1.807, 2.05) is 36.4 Å². The van der Waals surface area contributed by atoms with Crippen LogP contribution in [0.5, 0.6) is 0 Å². The van der Waals surface area contributed by atoms with E-state index in [0.717, 1.165) is 35.1 Å². The van der Waals surface area contributed by atoms with Gasteiger partial charge in [0.2, 0.25) is 11.8 Å². The van der Waals surface area contributed by atoms with Gasteiger partial charge in [0.1, 0.15) is 0 Å². The first kappa shape index (κ1) is 17.4. The molecule has 4 unspecified atom stereocenters. The number of likely N-dealkylation sites (tertiary alicyclic amines) is 1. The Morgan fingerprint density at radius 2 is 1.25 bits per heavy atom. The van der Waals surface area contributed by atoms with Crippen LogP contribution in [0.2, 0.25) is 0 Å². The van der Waals surface area contributed by atoms with Gasteiger partial charge in [-0.25, -0.2) is 0 Å². The molecular weight excluding hydrogens is 350 g/mol. The van der Waals surface area contributed by atoms with Gasteiger partial charge < -0.3 is 4.74 Å². The maximum Gasteiger partial charge on any atom is 0.236 e. The number of carbonyl (C=O) groups excluding carboxylic acids is 2. The van der Waals surface area contributed by atoms with Gasteiger partial charge in [0.15, 0.2) is 0 Å². The van der Waals surface area contributed by atoms with Crippen LogP contribution in [0.25, 0.3) is 11.1 Å². The SMILES string of the molecule is CCCCN1C(=O)C2C3OC(C(c4ccccc4)=C3c3ccccc3)C2C1=O. The quantitative estimate of drug-likeness (QED) is 0.750. The van der Waals surface area contributed by atoms with Crippen LogP contribution in [-0.4, -0.2) is 35.5 Å². The van der Waals surface area contributed by atoms with Crippen LogP contribution in [0, 0.1) is 11.8 Å². The van der Waals surface area contributed by atoms with Crippen LogP contribution in [0.15, 0.2) is 60.7 Å². The van der Waals surface area contributed by atoms with Crippen LogP contribution < -0.4 is 0 Å². The molecule has 28 heavy (non-hydrogen) atoms. The first-order valence-corrected chi connectivity index (χ1v) is 10.1. The smallest absolute Gasteiger partial charge is 0.236 e. The first-order valence-electron chi connectivity index (χ1n) is 10.1. The van der Waals surface area contributed by atoms with Crippen LogP contribution in [-0.2, 0) is 14.3 Å². The largest absolute Gasteiger partial charge is 0.364 e. The fourth-order valence-corrected chi connectivity index (χ4v) is 4.95. The second kappa shape index (κ2) is 6.71. The summed E-state index contributed by atoms with van der Waals surface area (Å²) in [5, 5.41) is 0. The summed E-state index contributed by atoms with van der Waals surface area (Å²) in [6.45, 7) is 2.59. The highest BCUT2D eigenvalue weighted by molar-refractivity contribution is 6.12. The normalized spacial score (nSPS) is 28.4. The van der Waals surface area contributed by atoms with Crippen molar-refractivity contribution in [2.75, 3.05) is 6.54 Å². The molecule has 2 bridgehead atoms. The summed E-state index contributed by atoms with van der Waals surface area (Å²) in [5.41, 5.74) is 4.27. The van der Waals surface area contributed by atoms with Crippen molar-refractivity contribution in [3.8, 4) is 0 Å². The van der Waals surface area contributed by atoms with E-state index in [9.17, 15) is 9.59 Å². The number of benzene rings is 2. The Kier molecular flexibility index (Phi) is 4.17. The number of hydrogen-bond donors (Lipinski definition) is 0. The Labute approximate surface area is 164 Å². The molecule has 0 aromatic heterocycles. The number of ether oxygens (including phenoxy) is 1. The molecule has 0 saturated carbocycles. The highest BCUT2D eigenvalue weighted by Crippen LogP contribution is 2.56. The third-order valence-electron chi connectivity index (χ3n) is 6.20. The van der Waals surface area contributed by atoms with E-state index in [0.29, 0.717) is 6.54 Å². The lowest BCUT2D eigenvalue weighted by molar-refractivity contribution is -0.142. The molecule has 2 aromatic rings. The van der Waals surface area contributed by atoms with Gasteiger partial charge in [0, 0.05) is 6.54 Å². The van der Waals surface area contributed by atoms with E-state index in [2.05, 4.69) is 31.2 Å². The highest BCUT2D eigenvalue weighted by atomic mass is 16.5. The summed E-state index contributed by atoms with van der Waals surface area (Å²) in [5.74, 6) is -0.901. The van der Waals surface area contributed by atoms with Crippen LogP contribution in [0.1, 0.15) is 30.9 Å². The van der Waals surface area contributed by atoms with Crippen molar-refractivity contribution in [3.63, 3.8) is 0 Å². The molecule has 0 spiro atoms. The Hall–Kier alpha value is -2.72. The maximum atomic E-state index is 13.1. The fraction of sp³-hybridized carbons (Fsp3) is 0.333. The Morgan fingerprint density at radius 1 is 0.786 bits per heavy atom. The number of rotatable bonds is 5. The molecule has 2 saturated heterocycles. The van der Waals surface area contributed by atoms with Gasteiger partial charge in [-0.1, -0.05) is 74.0 Å². The summed E-state index contributed by atoms with van der Waals surface area (Å²) in [4.78, 5) is 27.7. The second-order valence-electron chi connectivity index (χ2n) is 7.77. The number of unbranched alkanes of at least 4 members (excludes halogenated alkanes) is 1. The van der Waals surface area contributed by atoms with Gasteiger partial charge in [-0.15, -0.1) is 0 Å². The lowest BCUT2D eigenvalue weighted by atomic mass is 9.73. The predicted molar refractivity (Wildman–Crippen MR) is 107 cm³/mol. The summed E-state index contributed by atoms with van der Waals surface area (Å²) >= 11 is 0. The molecule has 5 rings (SSSR count). The predicted octanol–water partition coefficient (Wildman–Crippen LogP) is 3.78. The minimum Gasteiger partial charge on any atom is -0.364 e. The third-order valence-corrected chi connectivity index (χ3v) is 6.20. The molecule has 2 amide bonds. The Balaban J connectivity index is 1.62. The topological polar surface area (TPSA) is 46.6 Å².